The van der Waals surface area contributed by atoms with Crippen LogP contribution in [0.4, 0.5) is 27.6 Å². The van der Waals surface area contributed by atoms with Crippen molar-refractivity contribution in [1.82, 2.24) is 0 Å². The van der Waals surface area contributed by atoms with Crippen LogP contribution in [0.5, 0.6) is 0 Å². The summed E-state index contributed by atoms with van der Waals surface area (Å²) < 4.78 is 67.6. The molecule has 0 N–H and O–H groups in total. The van der Waals surface area contributed by atoms with Gasteiger partial charge in [0.25, 0.3) is 0 Å². The third kappa shape index (κ3) is 5.08. The Morgan fingerprint density at radius 3 is 1.87 bits per heavy atom. The van der Waals surface area contributed by atoms with Gasteiger partial charge in [0.1, 0.15) is 5.69 Å². The van der Waals surface area contributed by atoms with E-state index in [1.807, 2.05) is 0 Å². The second-order valence-corrected chi connectivity index (χ2v) is 5.73. The van der Waals surface area contributed by atoms with Gasteiger partial charge in [-0.2, -0.15) is 0 Å². The van der Waals surface area contributed by atoms with Crippen molar-refractivity contribution < 1.29 is 22.0 Å². The Balaban J connectivity index is 2.68. The van der Waals surface area contributed by atoms with Crippen LogP contribution in [0.25, 0.3) is 0 Å². The summed E-state index contributed by atoms with van der Waals surface area (Å²) in [6, 6.07) is 0. The van der Waals surface area contributed by atoms with Crippen molar-refractivity contribution in [3.8, 4) is 0 Å². The van der Waals surface area contributed by atoms with E-state index in [2.05, 4.69) is 6.92 Å². The fraction of sp³-hybridized carbons (Fsp3) is 0.647. The van der Waals surface area contributed by atoms with E-state index in [1.54, 1.807) is 0 Å². The first-order chi connectivity index (χ1) is 11.0. The molecule has 0 saturated heterocycles. The van der Waals surface area contributed by atoms with Crippen LogP contribution in [-0.2, 0) is 0 Å². The van der Waals surface area contributed by atoms with Crippen LogP contribution in [0.2, 0.25) is 0 Å². The highest BCUT2D eigenvalue weighted by Gasteiger charge is 2.26. The summed E-state index contributed by atoms with van der Waals surface area (Å²) in [4.78, 5) is 0.784. The van der Waals surface area contributed by atoms with Gasteiger partial charge in [0.2, 0.25) is 0 Å². The number of benzene rings is 1. The second-order valence-electron chi connectivity index (χ2n) is 5.73. The fourth-order valence-electron chi connectivity index (χ4n) is 2.50. The van der Waals surface area contributed by atoms with E-state index in [-0.39, 0.29) is 6.54 Å². The first-order valence-corrected chi connectivity index (χ1v) is 8.09. The Hall–Kier alpha value is -1.33. The highest BCUT2D eigenvalue weighted by Crippen LogP contribution is 2.31. The van der Waals surface area contributed by atoms with Crippen LogP contribution in [0.3, 0.4) is 0 Å². The molecule has 0 aromatic heterocycles. The third-order valence-electron chi connectivity index (χ3n) is 3.95. The minimum atomic E-state index is -1.77. The lowest BCUT2D eigenvalue weighted by Crippen LogP contribution is -2.26. The molecule has 132 valence electrons. The fourth-order valence-corrected chi connectivity index (χ4v) is 2.50. The van der Waals surface area contributed by atoms with Gasteiger partial charge in [0, 0.05) is 12.1 Å². The Labute approximate surface area is 134 Å². The zero-order chi connectivity index (χ0) is 17.4. The molecule has 6 heteroatoms. The molecule has 0 saturated carbocycles. The van der Waals surface area contributed by atoms with Gasteiger partial charge in [-0.15, -0.1) is 0 Å². The summed E-state index contributed by atoms with van der Waals surface area (Å²) in [7, 11) is 0. The first-order valence-electron chi connectivity index (χ1n) is 8.09. The van der Waals surface area contributed by atoms with Gasteiger partial charge in [-0.1, -0.05) is 45.4 Å². The van der Waals surface area contributed by atoms with Crippen molar-refractivity contribution in [3.63, 3.8) is 0 Å². The summed E-state index contributed by atoms with van der Waals surface area (Å²) in [5.74, 6) is -6.26. The van der Waals surface area contributed by atoms with Crippen molar-refractivity contribution in [2.75, 3.05) is 18.2 Å². The number of hydrogen-bond donors (Lipinski definition) is 0. The van der Waals surface area contributed by atoms with E-state index in [0.717, 1.165) is 43.9 Å². The SMILES string of the molecule is CCCCCCCCCN(CF)c1c(F)c(C)c(F)c(F)c1F. The monoisotopic (exact) mass is 337 g/mol. The van der Waals surface area contributed by atoms with Gasteiger partial charge in [-0.3, -0.25) is 0 Å². The van der Waals surface area contributed by atoms with Gasteiger partial charge in [0.05, 0.1) is 0 Å². The number of rotatable bonds is 10. The number of nitrogens with zero attached hydrogens (tertiary/aromatic N) is 1. The van der Waals surface area contributed by atoms with Crippen LogP contribution >= 0.6 is 0 Å². The highest BCUT2D eigenvalue weighted by atomic mass is 19.2. The van der Waals surface area contributed by atoms with E-state index in [9.17, 15) is 22.0 Å². The van der Waals surface area contributed by atoms with E-state index in [4.69, 9.17) is 0 Å². The summed E-state index contributed by atoms with van der Waals surface area (Å²) in [5, 5.41) is 0. The molecule has 0 bridgehead atoms. The van der Waals surface area contributed by atoms with Crippen LogP contribution in [0.1, 0.15) is 57.4 Å². The molecule has 0 amide bonds. The highest BCUT2D eigenvalue weighted by molar-refractivity contribution is 5.52. The molecule has 23 heavy (non-hydrogen) atoms. The maximum atomic E-state index is 14.0. The minimum Gasteiger partial charge on any atom is -0.340 e. The van der Waals surface area contributed by atoms with Crippen LogP contribution < -0.4 is 4.90 Å². The molecule has 1 nitrogen and oxygen atoms in total. The molecule has 0 unspecified atom stereocenters. The normalized spacial score (nSPS) is 11.1. The topological polar surface area (TPSA) is 3.24 Å². The molecule has 0 aliphatic rings. The van der Waals surface area contributed by atoms with E-state index < -0.39 is 41.3 Å². The van der Waals surface area contributed by atoms with E-state index in [0.29, 0.717) is 6.42 Å². The average molecular weight is 337 g/mol. The van der Waals surface area contributed by atoms with Gasteiger partial charge in [-0.05, 0) is 13.3 Å². The summed E-state index contributed by atoms with van der Waals surface area (Å²) >= 11 is 0. The number of unbranched alkanes of at least 4 members (excludes halogenated alkanes) is 6. The molecule has 1 aromatic carbocycles. The van der Waals surface area contributed by atoms with Crippen molar-refractivity contribution in [1.29, 1.82) is 0 Å². The van der Waals surface area contributed by atoms with Gasteiger partial charge < -0.3 is 4.90 Å². The Morgan fingerprint density at radius 2 is 1.30 bits per heavy atom. The first kappa shape index (κ1) is 19.7. The zero-order valence-corrected chi connectivity index (χ0v) is 13.7. The molecule has 0 aliphatic carbocycles. The summed E-state index contributed by atoms with van der Waals surface area (Å²) in [6.45, 7) is 2.02. The molecular formula is C17H24F5N. The van der Waals surface area contributed by atoms with Gasteiger partial charge in [0.15, 0.2) is 30.1 Å². The van der Waals surface area contributed by atoms with Crippen molar-refractivity contribution in [2.24, 2.45) is 0 Å². The zero-order valence-electron chi connectivity index (χ0n) is 13.7. The average Bonchev–Trinajstić information content (AvgIpc) is 2.55. The van der Waals surface area contributed by atoms with Crippen molar-refractivity contribution >= 4 is 5.69 Å². The second kappa shape index (κ2) is 9.73. The molecule has 0 fully saturated rings. The minimum absolute atomic E-state index is 0.0582. The summed E-state index contributed by atoms with van der Waals surface area (Å²) in [5.41, 5.74) is -1.47. The summed E-state index contributed by atoms with van der Waals surface area (Å²) in [6.07, 6.45) is 6.80. The number of anilines is 1. The van der Waals surface area contributed by atoms with E-state index >= 15 is 0 Å². The molecule has 1 aromatic rings. The Bertz CT molecular complexity index is 475. The largest absolute Gasteiger partial charge is 0.340 e. The maximum Gasteiger partial charge on any atom is 0.197 e. The molecule has 1 rings (SSSR count). The number of alkyl halides is 1. The molecule has 0 spiro atoms. The predicted octanol–water partition coefficient (Wildman–Crippen LogP) is 6.04. The lowest BCUT2D eigenvalue weighted by molar-refractivity contribution is 0.412. The van der Waals surface area contributed by atoms with Crippen molar-refractivity contribution in [3.05, 3.63) is 28.8 Å². The van der Waals surface area contributed by atoms with E-state index in [1.165, 1.54) is 6.42 Å². The predicted molar refractivity (Wildman–Crippen MR) is 82.3 cm³/mol. The van der Waals surface area contributed by atoms with Gasteiger partial charge in [-0.25, -0.2) is 22.0 Å². The van der Waals surface area contributed by atoms with Crippen LogP contribution in [-0.4, -0.2) is 13.3 Å². The standard InChI is InChI=1S/C17H24F5N/c1-3-4-5-6-7-8-9-10-23(11-18)17-14(20)12(2)13(19)15(21)16(17)22/h3-11H2,1-2H3. The Morgan fingerprint density at radius 1 is 0.739 bits per heavy atom. The van der Waals surface area contributed by atoms with Crippen LogP contribution in [0, 0.1) is 30.2 Å². The van der Waals surface area contributed by atoms with Crippen molar-refractivity contribution in [2.45, 2.75) is 58.8 Å². The van der Waals surface area contributed by atoms with Crippen LogP contribution in [0.15, 0.2) is 0 Å². The lowest BCUT2D eigenvalue weighted by Gasteiger charge is -2.23. The molecular weight excluding hydrogens is 313 g/mol. The smallest absolute Gasteiger partial charge is 0.197 e. The lowest BCUT2D eigenvalue weighted by atomic mass is 10.1. The Kier molecular flexibility index (Phi) is 8.34. The molecule has 0 aliphatic heterocycles. The molecule has 0 heterocycles. The quantitative estimate of drug-likeness (QED) is 0.165. The maximum absolute atomic E-state index is 14.0. The molecule has 0 radical (unpaired) electrons. The molecule has 0 atom stereocenters. The van der Waals surface area contributed by atoms with Gasteiger partial charge >= 0.3 is 0 Å². The number of hydrogen-bond acceptors (Lipinski definition) is 1. The third-order valence-corrected chi connectivity index (χ3v) is 3.95. The number of halogens is 5.